The number of methoxy groups -OCH3 is 2. The molecule has 6 nitrogen and oxygen atoms in total. The summed E-state index contributed by atoms with van der Waals surface area (Å²) < 4.78 is 10.5. The number of hydrogen-bond donors (Lipinski definition) is 1. The lowest BCUT2D eigenvalue weighted by Gasteiger charge is -2.26. The minimum Gasteiger partial charge on any atom is -0.507 e. The number of nitrogens with zero attached hydrogens (tertiary/aromatic N) is 1. The topological polar surface area (TPSA) is 76.1 Å². The van der Waals surface area contributed by atoms with Gasteiger partial charge in [0.25, 0.3) is 11.7 Å². The number of likely N-dealkylation sites (tertiary alicyclic amines) is 1. The number of carbonyl (C=O) groups is 2. The molecule has 0 aliphatic carbocycles. The zero-order valence-electron chi connectivity index (χ0n) is 19.2. The number of amides is 1. The van der Waals surface area contributed by atoms with E-state index in [0.29, 0.717) is 5.56 Å². The van der Waals surface area contributed by atoms with Gasteiger partial charge in [0.15, 0.2) is 0 Å². The van der Waals surface area contributed by atoms with E-state index in [1.165, 1.54) is 31.3 Å². The molecule has 2 aromatic rings. The highest BCUT2D eigenvalue weighted by Gasteiger charge is 2.46. The number of benzene rings is 2. The van der Waals surface area contributed by atoms with Crippen LogP contribution in [-0.2, 0) is 19.7 Å². The zero-order valence-corrected chi connectivity index (χ0v) is 20.8. The third kappa shape index (κ3) is 4.88. The molecule has 1 unspecified atom stereocenters. The second-order valence-corrected chi connectivity index (χ2v) is 9.67. The summed E-state index contributed by atoms with van der Waals surface area (Å²) in [7, 11) is 2.91. The molecule has 0 bridgehead atoms. The monoisotopic (exact) mass is 491 g/mol. The Hall–Kier alpha value is -2.54. The van der Waals surface area contributed by atoms with Crippen molar-refractivity contribution < 1.29 is 24.2 Å². The largest absolute Gasteiger partial charge is 0.507 e. The average molecular weight is 492 g/mol. The van der Waals surface area contributed by atoms with Crippen molar-refractivity contribution in [1.82, 2.24) is 4.90 Å². The average Bonchev–Trinajstić information content (AvgIpc) is 3.01. The Morgan fingerprint density at radius 2 is 1.73 bits per heavy atom. The van der Waals surface area contributed by atoms with E-state index in [0.717, 1.165) is 5.56 Å². The number of ether oxygens (including phenoxy) is 2. The fourth-order valence-corrected chi connectivity index (χ4v) is 4.47. The molecule has 1 saturated heterocycles. The number of Topliss-reactive ketones (excluding diaryl/α,β-unsaturated/α-hetero) is 1. The quantitative estimate of drug-likeness (QED) is 0.334. The van der Waals surface area contributed by atoms with Crippen LogP contribution in [0.15, 0.2) is 42.0 Å². The summed E-state index contributed by atoms with van der Waals surface area (Å²) in [6.45, 7) is 6.71. The minimum atomic E-state index is -0.809. The van der Waals surface area contributed by atoms with Gasteiger partial charge in [0.1, 0.15) is 11.5 Å². The predicted octanol–water partition coefficient (Wildman–Crippen LogP) is 5.37. The Labute approximate surface area is 203 Å². The molecular formula is C25H27Cl2NO5. The van der Waals surface area contributed by atoms with Crippen LogP contribution in [0.4, 0.5) is 0 Å². The standard InChI is InChI=1S/C25H27Cl2NO5/c1-25(2,3)15-8-6-14(7-9-15)20-19(22(30)24(31)28(20)10-11-32-4)21(29)17-12-16(26)13-18(27)23(17)33-5/h6-9,12-13,20,29H,10-11H2,1-5H3/b21-19+. The van der Waals surface area contributed by atoms with Crippen LogP contribution in [0.3, 0.4) is 0 Å². The maximum absolute atomic E-state index is 13.1. The van der Waals surface area contributed by atoms with Crippen LogP contribution >= 0.6 is 23.2 Å². The summed E-state index contributed by atoms with van der Waals surface area (Å²) in [6.07, 6.45) is 0. The molecule has 8 heteroatoms. The number of aliphatic hydroxyl groups is 1. The molecule has 0 spiro atoms. The molecule has 2 aromatic carbocycles. The highest BCUT2D eigenvalue weighted by molar-refractivity contribution is 6.46. The molecule has 1 heterocycles. The Bertz CT molecular complexity index is 1100. The molecule has 3 rings (SSSR count). The van der Waals surface area contributed by atoms with Gasteiger partial charge >= 0.3 is 0 Å². The van der Waals surface area contributed by atoms with Crippen LogP contribution in [0, 0.1) is 0 Å². The predicted molar refractivity (Wildman–Crippen MR) is 129 cm³/mol. The van der Waals surface area contributed by atoms with Crippen molar-refractivity contribution in [3.63, 3.8) is 0 Å². The normalized spacial score (nSPS) is 18.2. The first-order valence-corrected chi connectivity index (χ1v) is 11.2. The maximum atomic E-state index is 13.1. The lowest BCUT2D eigenvalue weighted by Crippen LogP contribution is -2.32. The van der Waals surface area contributed by atoms with Gasteiger partial charge in [-0.1, -0.05) is 68.2 Å². The number of halogens is 2. The van der Waals surface area contributed by atoms with Gasteiger partial charge in [-0.3, -0.25) is 9.59 Å². The summed E-state index contributed by atoms with van der Waals surface area (Å²) in [4.78, 5) is 27.5. The molecule has 1 fully saturated rings. The highest BCUT2D eigenvalue weighted by atomic mass is 35.5. The number of carbonyl (C=O) groups excluding carboxylic acids is 2. The van der Waals surface area contributed by atoms with E-state index in [2.05, 4.69) is 20.8 Å². The second-order valence-electron chi connectivity index (χ2n) is 8.83. The van der Waals surface area contributed by atoms with Crippen molar-refractivity contribution in [1.29, 1.82) is 0 Å². The van der Waals surface area contributed by atoms with Gasteiger partial charge in [0.05, 0.1) is 35.9 Å². The molecule has 1 aliphatic rings. The Kier molecular flexibility index (Phi) is 7.42. The number of aliphatic hydroxyl groups excluding tert-OH is 1. The van der Waals surface area contributed by atoms with E-state index in [1.807, 2.05) is 24.3 Å². The molecule has 33 heavy (non-hydrogen) atoms. The summed E-state index contributed by atoms with van der Waals surface area (Å²) in [5, 5.41) is 11.7. The van der Waals surface area contributed by atoms with Gasteiger partial charge in [-0.15, -0.1) is 0 Å². The van der Waals surface area contributed by atoms with Crippen LogP contribution in [-0.4, -0.2) is 49.1 Å². The van der Waals surface area contributed by atoms with Crippen molar-refractivity contribution in [3.8, 4) is 5.75 Å². The van der Waals surface area contributed by atoms with Crippen LogP contribution in [0.2, 0.25) is 10.0 Å². The Morgan fingerprint density at radius 1 is 1.09 bits per heavy atom. The minimum absolute atomic E-state index is 0.0590. The molecule has 0 saturated carbocycles. The van der Waals surface area contributed by atoms with Crippen LogP contribution in [0.25, 0.3) is 5.76 Å². The van der Waals surface area contributed by atoms with Crippen molar-refractivity contribution in [3.05, 3.63) is 68.7 Å². The van der Waals surface area contributed by atoms with E-state index < -0.39 is 23.5 Å². The zero-order chi connectivity index (χ0) is 24.5. The van der Waals surface area contributed by atoms with Crippen LogP contribution < -0.4 is 4.74 Å². The van der Waals surface area contributed by atoms with E-state index in [4.69, 9.17) is 32.7 Å². The van der Waals surface area contributed by atoms with E-state index in [1.54, 1.807) is 0 Å². The molecular weight excluding hydrogens is 465 g/mol. The first-order chi connectivity index (χ1) is 15.5. The Morgan fingerprint density at radius 3 is 2.27 bits per heavy atom. The van der Waals surface area contributed by atoms with Crippen molar-refractivity contribution >= 4 is 40.7 Å². The molecule has 1 aliphatic heterocycles. The molecule has 1 amide bonds. The molecule has 0 aromatic heterocycles. The Balaban J connectivity index is 2.23. The number of hydrogen-bond acceptors (Lipinski definition) is 5. The van der Waals surface area contributed by atoms with Crippen molar-refractivity contribution in [2.75, 3.05) is 27.4 Å². The van der Waals surface area contributed by atoms with Crippen LogP contribution in [0.5, 0.6) is 5.75 Å². The van der Waals surface area contributed by atoms with E-state index in [-0.39, 0.29) is 45.5 Å². The van der Waals surface area contributed by atoms with Gasteiger partial charge in [0.2, 0.25) is 0 Å². The maximum Gasteiger partial charge on any atom is 0.295 e. The number of rotatable bonds is 6. The smallest absolute Gasteiger partial charge is 0.295 e. The lowest BCUT2D eigenvalue weighted by atomic mass is 9.85. The van der Waals surface area contributed by atoms with Crippen LogP contribution in [0.1, 0.15) is 43.5 Å². The highest BCUT2D eigenvalue weighted by Crippen LogP contribution is 2.43. The summed E-state index contributed by atoms with van der Waals surface area (Å²) in [6, 6.07) is 9.77. The van der Waals surface area contributed by atoms with E-state index in [9.17, 15) is 14.7 Å². The van der Waals surface area contributed by atoms with Crippen molar-refractivity contribution in [2.24, 2.45) is 0 Å². The second kappa shape index (κ2) is 9.75. The summed E-state index contributed by atoms with van der Waals surface area (Å²) in [5.74, 6) is -1.76. The number of ketones is 1. The molecule has 0 radical (unpaired) electrons. The van der Waals surface area contributed by atoms with E-state index >= 15 is 0 Å². The van der Waals surface area contributed by atoms with Gasteiger partial charge in [-0.2, -0.15) is 0 Å². The first-order valence-electron chi connectivity index (χ1n) is 10.4. The summed E-state index contributed by atoms with van der Waals surface area (Å²) in [5.41, 5.74) is 1.80. The van der Waals surface area contributed by atoms with Gasteiger partial charge < -0.3 is 19.5 Å². The first kappa shape index (κ1) is 25.1. The fourth-order valence-electron chi connectivity index (χ4n) is 3.90. The third-order valence-corrected chi connectivity index (χ3v) is 6.14. The molecule has 1 N–H and O–H groups in total. The van der Waals surface area contributed by atoms with Gasteiger partial charge in [0, 0.05) is 18.7 Å². The lowest BCUT2D eigenvalue weighted by molar-refractivity contribution is -0.140. The molecule has 1 atom stereocenters. The molecule has 176 valence electrons. The van der Waals surface area contributed by atoms with Gasteiger partial charge in [-0.25, -0.2) is 0 Å². The van der Waals surface area contributed by atoms with Crippen molar-refractivity contribution in [2.45, 2.75) is 32.2 Å². The third-order valence-electron chi connectivity index (χ3n) is 5.64. The fraction of sp³-hybridized carbons (Fsp3) is 0.360. The summed E-state index contributed by atoms with van der Waals surface area (Å²) >= 11 is 12.4. The van der Waals surface area contributed by atoms with Gasteiger partial charge in [-0.05, 0) is 28.7 Å². The SMILES string of the molecule is COCCN1C(=O)C(=O)/C(=C(/O)c2cc(Cl)cc(Cl)c2OC)C1c1ccc(C(C)(C)C)cc1.